The molecule has 0 aliphatic heterocycles. The molecule has 0 atom stereocenters. The van der Waals surface area contributed by atoms with E-state index in [0.29, 0.717) is 17.9 Å². The number of ether oxygens (including phenoxy) is 1. The first kappa shape index (κ1) is 14.4. The molecule has 1 heterocycles. The summed E-state index contributed by atoms with van der Waals surface area (Å²) in [6.07, 6.45) is 4.51. The molecule has 0 N–H and O–H groups in total. The minimum Gasteiger partial charge on any atom is -0.489 e. The van der Waals surface area contributed by atoms with E-state index < -0.39 is 5.78 Å². The maximum absolute atomic E-state index is 12.1. The fourth-order valence-corrected chi connectivity index (χ4v) is 1.72. The summed E-state index contributed by atoms with van der Waals surface area (Å²) < 4.78 is 10.5. The molecule has 0 bridgehead atoms. The third-order valence-electron chi connectivity index (χ3n) is 2.69. The molecule has 1 aromatic carbocycles. The Balaban J connectivity index is 2.34. The number of carbonyl (C=O) groups excluding carboxylic acids is 1. The van der Waals surface area contributed by atoms with Gasteiger partial charge in [-0.15, -0.1) is 0 Å². The van der Waals surface area contributed by atoms with Crippen LogP contribution in [0.15, 0.2) is 65.3 Å². The molecule has 0 saturated carbocycles. The van der Waals surface area contributed by atoms with E-state index >= 15 is 0 Å². The monoisotopic (exact) mass is 279 g/mol. The zero-order chi connectivity index (χ0) is 15.1. The summed E-state index contributed by atoms with van der Waals surface area (Å²) in [6.45, 7) is 3.93. The van der Waals surface area contributed by atoms with Crippen molar-refractivity contribution in [1.29, 1.82) is 5.26 Å². The van der Waals surface area contributed by atoms with E-state index in [2.05, 4.69) is 6.58 Å². The van der Waals surface area contributed by atoms with Gasteiger partial charge in [0.15, 0.2) is 5.76 Å². The van der Waals surface area contributed by atoms with E-state index in [4.69, 9.17) is 9.15 Å². The predicted octanol–water partition coefficient (Wildman–Crippen LogP) is 3.63. The van der Waals surface area contributed by atoms with Gasteiger partial charge < -0.3 is 9.15 Å². The first-order valence-corrected chi connectivity index (χ1v) is 6.29. The second-order valence-electron chi connectivity index (χ2n) is 4.11. The molecule has 2 aromatic rings. The van der Waals surface area contributed by atoms with Crippen LogP contribution in [0, 0.1) is 11.3 Å². The largest absolute Gasteiger partial charge is 0.489 e. The zero-order valence-electron chi connectivity index (χ0n) is 11.3. The van der Waals surface area contributed by atoms with Gasteiger partial charge in [0.25, 0.3) is 0 Å². The van der Waals surface area contributed by atoms with Crippen molar-refractivity contribution in [3.8, 4) is 11.8 Å². The van der Waals surface area contributed by atoms with Gasteiger partial charge in [0.2, 0.25) is 5.78 Å². The summed E-state index contributed by atoms with van der Waals surface area (Å²) in [5.41, 5.74) is 0.635. The summed E-state index contributed by atoms with van der Waals surface area (Å²) in [4.78, 5) is 12.1. The van der Waals surface area contributed by atoms with Crippen molar-refractivity contribution >= 4 is 11.9 Å². The number of rotatable bonds is 6. The molecule has 4 heteroatoms. The average Bonchev–Trinajstić information content (AvgIpc) is 3.05. The molecular weight excluding hydrogens is 266 g/mol. The molecule has 0 amide bonds. The van der Waals surface area contributed by atoms with Crippen molar-refractivity contribution in [1.82, 2.24) is 0 Å². The highest BCUT2D eigenvalue weighted by Gasteiger charge is 2.15. The van der Waals surface area contributed by atoms with E-state index in [9.17, 15) is 10.1 Å². The van der Waals surface area contributed by atoms with Crippen LogP contribution in [0.1, 0.15) is 16.1 Å². The standard InChI is InChI=1S/C17H13NO3/c1-2-9-20-15-7-4-3-6-13(15)11-14(12-18)17(19)16-8-5-10-21-16/h2-8,10-11H,1,9H2/b14-11+. The number of nitrogens with zero attached hydrogens (tertiary/aromatic N) is 1. The highest BCUT2D eigenvalue weighted by Crippen LogP contribution is 2.22. The Labute approximate surface area is 122 Å². The number of carbonyl (C=O) groups is 1. The average molecular weight is 279 g/mol. The Morgan fingerprint density at radius 1 is 1.33 bits per heavy atom. The molecule has 0 aliphatic rings. The van der Waals surface area contributed by atoms with Crippen LogP contribution in [0.4, 0.5) is 0 Å². The second-order valence-corrected chi connectivity index (χ2v) is 4.11. The number of furan rings is 1. The number of hydrogen-bond donors (Lipinski definition) is 0. The van der Waals surface area contributed by atoms with Crippen LogP contribution in [0.5, 0.6) is 5.75 Å². The van der Waals surface area contributed by atoms with Crippen molar-refractivity contribution in [2.75, 3.05) is 6.61 Å². The summed E-state index contributed by atoms with van der Waals surface area (Å²) in [7, 11) is 0. The maximum Gasteiger partial charge on any atom is 0.238 e. The van der Waals surface area contributed by atoms with E-state index in [1.54, 1.807) is 30.3 Å². The minimum absolute atomic E-state index is 0.0143. The normalized spacial score (nSPS) is 10.7. The van der Waals surface area contributed by atoms with Gasteiger partial charge in [-0.2, -0.15) is 5.26 Å². The Kier molecular flexibility index (Phi) is 4.73. The fraction of sp³-hybridized carbons (Fsp3) is 0.0588. The summed E-state index contributed by atoms with van der Waals surface area (Å²) >= 11 is 0. The minimum atomic E-state index is -0.457. The number of para-hydroxylation sites is 1. The zero-order valence-corrected chi connectivity index (χ0v) is 11.3. The molecule has 21 heavy (non-hydrogen) atoms. The van der Waals surface area contributed by atoms with E-state index in [0.717, 1.165) is 0 Å². The lowest BCUT2D eigenvalue weighted by atomic mass is 10.1. The molecule has 1 aromatic heterocycles. The van der Waals surface area contributed by atoms with Crippen LogP contribution >= 0.6 is 0 Å². The van der Waals surface area contributed by atoms with Gasteiger partial charge in [-0.25, -0.2) is 0 Å². The van der Waals surface area contributed by atoms with E-state index in [1.807, 2.05) is 12.1 Å². The van der Waals surface area contributed by atoms with Gasteiger partial charge in [0, 0.05) is 5.56 Å². The highest BCUT2D eigenvalue weighted by molar-refractivity contribution is 6.12. The number of nitriles is 1. The Morgan fingerprint density at radius 2 is 2.14 bits per heavy atom. The second kappa shape index (κ2) is 6.92. The van der Waals surface area contributed by atoms with Crippen molar-refractivity contribution in [3.05, 3.63) is 72.2 Å². The number of ketones is 1. The van der Waals surface area contributed by atoms with Crippen LogP contribution in [-0.4, -0.2) is 12.4 Å². The molecule has 0 unspecified atom stereocenters. The van der Waals surface area contributed by atoms with Gasteiger partial charge in [-0.3, -0.25) is 4.79 Å². The van der Waals surface area contributed by atoms with E-state index in [1.165, 1.54) is 18.4 Å². The number of Topliss-reactive ketones (excluding diaryl/α,β-unsaturated/α-hetero) is 1. The molecule has 0 spiro atoms. The summed E-state index contributed by atoms with van der Waals surface area (Å²) in [6, 6.07) is 12.2. The molecule has 0 radical (unpaired) electrons. The molecular formula is C17H13NO3. The number of hydrogen-bond acceptors (Lipinski definition) is 4. The third kappa shape index (κ3) is 3.48. The predicted molar refractivity (Wildman–Crippen MR) is 78.8 cm³/mol. The highest BCUT2D eigenvalue weighted by atomic mass is 16.5. The number of allylic oxidation sites excluding steroid dienone is 1. The lowest BCUT2D eigenvalue weighted by Gasteiger charge is -2.07. The van der Waals surface area contributed by atoms with Gasteiger partial charge in [-0.1, -0.05) is 30.9 Å². The molecule has 104 valence electrons. The summed E-state index contributed by atoms with van der Waals surface area (Å²) in [5, 5.41) is 9.19. The van der Waals surface area contributed by atoms with Gasteiger partial charge in [-0.05, 0) is 24.3 Å². The Hall–Kier alpha value is -3.06. The Morgan fingerprint density at radius 3 is 2.81 bits per heavy atom. The number of benzene rings is 1. The molecule has 2 rings (SSSR count). The van der Waals surface area contributed by atoms with Crippen LogP contribution in [0.3, 0.4) is 0 Å². The lowest BCUT2D eigenvalue weighted by molar-refractivity contribution is 0.101. The van der Waals surface area contributed by atoms with Crippen LogP contribution in [-0.2, 0) is 0 Å². The van der Waals surface area contributed by atoms with Gasteiger partial charge in [0.1, 0.15) is 24.0 Å². The van der Waals surface area contributed by atoms with Crippen molar-refractivity contribution in [3.63, 3.8) is 0 Å². The van der Waals surface area contributed by atoms with Crippen molar-refractivity contribution < 1.29 is 13.9 Å². The SMILES string of the molecule is C=CCOc1ccccc1/C=C(\C#N)C(=O)c1ccco1. The smallest absolute Gasteiger partial charge is 0.238 e. The molecule has 0 fully saturated rings. The van der Waals surface area contributed by atoms with Crippen LogP contribution in [0.2, 0.25) is 0 Å². The van der Waals surface area contributed by atoms with Crippen LogP contribution < -0.4 is 4.74 Å². The molecule has 0 saturated heterocycles. The summed E-state index contributed by atoms with van der Waals surface area (Å²) in [5.74, 6) is 0.255. The third-order valence-corrected chi connectivity index (χ3v) is 2.69. The molecule has 0 aliphatic carbocycles. The van der Waals surface area contributed by atoms with Crippen molar-refractivity contribution in [2.45, 2.75) is 0 Å². The van der Waals surface area contributed by atoms with Crippen LogP contribution in [0.25, 0.3) is 6.08 Å². The van der Waals surface area contributed by atoms with E-state index in [-0.39, 0.29) is 11.3 Å². The first-order chi connectivity index (χ1) is 10.3. The lowest BCUT2D eigenvalue weighted by Crippen LogP contribution is -2.01. The van der Waals surface area contributed by atoms with Gasteiger partial charge >= 0.3 is 0 Å². The molecule has 4 nitrogen and oxygen atoms in total. The fourth-order valence-electron chi connectivity index (χ4n) is 1.72. The topological polar surface area (TPSA) is 63.2 Å². The van der Waals surface area contributed by atoms with Crippen molar-refractivity contribution in [2.24, 2.45) is 0 Å². The Bertz CT molecular complexity index is 706. The quantitative estimate of drug-likeness (QED) is 0.350. The first-order valence-electron chi connectivity index (χ1n) is 6.29. The van der Waals surface area contributed by atoms with Gasteiger partial charge in [0.05, 0.1) is 6.26 Å². The maximum atomic E-state index is 12.1.